The van der Waals surface area contributed by atoms with Gasteiger partial charge in [-0.15, -0.1) is 0 Å². The van der Waals surface area contributed by atoms with Gasteiger partial charge in [-0.25, -0.2) is 0 Å². The van der Waals surface area contributed by atoms with Crippen LogP contribution in [-0.4, -0.2) is 6.04 Å². The van der Waals surface area contributed by atoms with Crippen LogP contribution in [0.15, 0.2) is 16.6 Å². The highest BCUT2D eigenvalue weighted by Gasteiger charge is 2.49. The fraction of sp³-hybridized carbons (Fsp3) is 0.538. The van der Waals surface area contributed by atoms with E-state index in [1.807, 2.05) is 0 Å². The van der Waals surface area contributed by atoms with Crippen LogP contribution in [0, 0.1) is 13.8 Å². The Bertz CT molecular complexity index is 392. The highest BCUT2D eigenvalue weighted by atomic mass is 79.9. The van der Waals surface area contributed by atoms with Gasteiger partial charge in [0.1, 0.15) is 0 Å². The normalized spacial score (nSPS) is 20.1. The second-order valence-electron chi connectivity index (χ2n) is 4.81. The predicted octanol–water partition coefficient (Wildman–Crippen LogP) is 3.44. The summed E-state index contributed by atoms with van der Waals surface area (Å²) in [5.74, 6) is 0. The van der Waals surface area contributed by atoms with Crippen molar-refractivity contribution in [3.8, 4) is 0 Å². The van der Waals surface area contributed by atoms with Gasteiger partial charge >= 0.3 is 0 Å². The van der Waals surface area contributed by atoms with E-state index in [1.54, 1.807) is 0 Å². The van der Waals surface area contributed by atoms with Gasteiger partial charge in [0, 0.05) is 15.9 Å². The summed E-state index contributed by atoms with van der Waals surface area (Å²) in [4.78, 5) is 0. The lowest BCUT2D eigenvalue weighted by Gasteiger charge is -2.24. The standard InChI is InChI=1S/C13H18BrN/c1-8-4-5-11(14)12(9(8)2)13(6-7-13)10(3)15/h4-5,10H,6-7,15H2,1-3H3. The zero-order chi connectivity index (χ0) is 11.2. The zero-order valence-corrected chi connectivity index (χ0v) is 11.2. The average molecular weight is 268 g/mol. The Morgan fingerprint density at radius 2 is 1.93 bits per heavy atom. The highest BCUT2D eigenvalue weighted by Crippen LogP contribution is 2.53. The van der Waals surface area contributed by atoms with Gasteiger partial charge in [0.05, 0.1) is 0 Å². The molecule has 1 aliphatic carbocycles. The van der Waals surface area contributed by atoms with Crippen LogP contribution in [0.2, 0.25) is 0 Å². The molecule has 0 amide bonds. The summed E-state index contributed by atoms with van der Waals surface area (Å²) >= 11 is 3.67. The summed E-state index contributed by atoms with van der Waals surface area (Å²) in [6, 6.07) is 4.56. The molecule has 0 spiro atoms. The molecular weight excluding hydrogens is 250 g/mol. The minimum atomic E-state index is 0.245. The van der Waals surface area contributed by atoms with Gasteiger partial charge in [-0.3, -0.25) is 0 Å². The number of aryl methyl sites for hydroxylation is 1. The van der Waals surface area contributed by atoms with E-state index in [9.17, 15) is 0 Å². The van der Waals surface area contributed by atoms with Crippen LogP contribution in [0.1, 0.15) is 36.5 Å². The molecule has 0 aromatic heterocycles. The number of hydrogen-bond acceptors (Lipinski definition) is 1. The van der Waals surface area contributed by atoms with E-state index in [1.165, 1.54) is 34.0 Å². The molecule has 2 rings (SSSR count). The molecule has 1 atom stereocenters. The fourth-order valence-electron chi connectivity index (χ4n) is 2.46. The molecule has 1 unspecified atom stereocenters. The molecule has 2 heteroatoms. The summed E-state index contributed by atoms with van der Waals surface area (Å²) in [6.07, 6.45) is 2.46. The number of nitrogens with two attached hydrogens (primary N) is 1. The van der Waals surface area contributed by atoms with E-state index >= 15 is 0 Å². The lowest BCUT2D eigenvalue weighted by molar-refractivity contribution is 0.551. The maximum atomic E-state index is 6.13. The van der Waals surface area contributed by atoms with E-state index in [2.05, 4.69) is 48.8 Å². The third kappa shape index (κ3) is 1.64. The molecular formula is C13H18BrN. The number of rotatable bonds is 2. The molecule has 1 aliphatic rings. The quantitative estimate of drug-likeness (QED) is 0.873. The summed E-state index contributed by atoms with van der Waals surface area (Å²) < 4.78 is 1.22. The van der Waals surface area contributed by atoms with Crippen LogP contribution >= 0.6 is 15.9 Å². The SMILES string of the molecule is Cc1ccc(Br)c(C2(C(C)N)CC2)c1C. The Hall–Kier alpha value is -0.340. The molecule has 15 heavy (non-hydrogen) atoms. The number of hydrogen-bond donors (Lipinski definition) is 1. The first-order valence-corrected chi connectivity index (χ1v) is 6.30. The summed E-state index contributed by atoms with van der Waals surface area (Å²) in [5.41, 5.74) is 10.6. The molecule has 1 saturated carbocycles. The van der Waals surface area contributed by atoms with Gasteiger partial charge < -0.3 is 5.73 Å². The van der Waals surface area contributed by atoms with Gasteiger partial charge in [0.2, 0.25) is 0 Å². The Morgan fingerprint density at radius 1 is 1.33 bits per heavy atom. The van der Waals surface area contributed by atoms with Crippen LogP contribution in [0.3, 0.4) is 0 Å². The molecule has 1 nitrogen and oxygen atoms in total. The van der Waals surface area contributed by atoms with Gasteiger partial charge in [-0.1, -0.05) is 22.0 Å². The van der Waals surface area contributed by atoms with Crippen LogP contribution in [0.5, 0.6) is 0 Å². The Morgan fingerprint density at radius 3 is 2.40 bits per heavy atom. The Kier molecular flexibility index (Phi) is 2.68. The zero-order valence-electron chi connectivity index (χ0n) is 9.60. The minimum absolute atomic E-state index is 0.245. The van der Waals surface area contributed by atoms with Crippen molar-refractivity contribution in [2.45, 2.75) is 45.1 Å². The van der Waals surface area contributed by atoms with Crippen molar-refractivity contribution in [1.82, 2.24) is 0 Å². The number of benzene rings is 1. The van der Waals surface area contributed by atoms with Crippen molar-refractivity contribution in [1.29, 1.82) is 0 Å². The third-order valence-electron chi connectivity index (χ3n) is 3.84. The van der Waals surface area contributed by atoms with Gasteiger partial charge in [0.25, 0.3) is 0 Å². The van der Waals surface area contributed by atoms with Crippen molar-refractivity contribution in [2.24, 2.45) is 5.73 Å². The first-order chi connectivity index (χ1) is 6.99. The highest BCUT2D eigenvalue weighted by molar-refractivity contribution is 9.10. The van der Waals surface area contributed by atoms with Crippen LogP contribution in [0.4, 0.5) is 0 Å². The molecule has 1 aromatic carbocycles. The van der Waals surface area contributed by atoms with E-state index in [0.29, 0.717) is 0 Å². The summed E-state index contributed by atoms with van der Waals surface area (Å²) in [6.45, 7) is 6.50. The lowest BCUT2D eigenvalue weighted by atomic mass is 9.85. The van der Waals surface area contributed by atoms with Crippen LogP contribution < -0.4 is 5.73 Å². The van der Waals surface area contributed by atoms with Crippen molar-refractivity contribution < 1.29 is 0 Å². The second-order valence-corrected chi connectivity index (χ2v) is 5.66. The molecule has 2 N–H and O–H groups in total. The van der Waals surface area contributed by atoms with E-state index in [0.717, 1.165) is 0 Å². The molecule has 0 bridgehead atoms. The van der Waals surface area contributed by atoms with E-state index in [4.69, 9.17) is 5.73 Å². The maximum Gasteiger partial charge on any atom is 0.0216 e. The molecule has 82 valence electrons. The van der Waals surface area contributed by atoms with Gasteiger partial charge in [0.15, 0.2) is 0 Å². The average Bonchev–Trinajstić information content (AvgIpc) is 2.93. The number of halogens is 1. The smallest absolute Gasteiger partial charge is 0.0216 e. The molecule has 0 radical (unpaired) electrons. The lowest BCUT2D eigenvalue weighted by Crippen LogP contribution is -2.32. The van der Waals surface area contributed by atoms with Crippen molar-refractivity contribution >= 4 is 15.9 Å². The van der Waals surface area contributed by atoms with Crippen LogP contribution in [-0.2, 0) is 5.41 Å². The molecule has 0 saturated heterocycles. The Balaban J connectivity index is 2.57. The fourth-order valence-corrected chi connectivity index (χ4v) is 3.29. The predicted molar refractivity (Wildman–Crippen MR) is 68.2 cm³/mol. The topological polar surface area (TPSA) is 26.0 Å². The molecule has 1 aromatic rings. The van der Waals surface area contributed by atoms with E-state index < -0.39 is 0 Å². The maximum absolute atomic E-state index is 6.13. The second kappa shape index (κ2) is 3.60. The minimum Gasteiger partial charge on any atom is -0.327 e. The van der Waals surface area contributed by atoms with Gasteiger partial charge in [-0.2, -0.15) is 0 Å². The largest absolute Gasteiger partial charge is 0.327 e. The van der Waals surface area contributed by atoms with Crippen molar-refractivity contribution in [3.05, 3.63) is 33.3 Å². The Labute approximate surface area is 100 Å². The van der Waals surface area contributed by atoms with Crippen molar-refractivity contribution in [3.63, 3.8) is 0 Å². The third-order valence-corrected chi connectivity index (χ3v) is 4.50. The van der Waals surface area contributed by atoms with E-state index in [-0.39, 0.29) is 11.5 Å². The monoisotopic (exact) mass is 267 g/mol. The first kappa shape index (κ1) is 11.2. The van der Waals surface area contributed by atoms with Gasteiger partial charge in [-0.05, 0) is 56.4 Å². The van der Waals surface area contributed by atoms with Crippen molar-refractivity contribution in [2.75, 3.05) is 0 Å². The summed E-state index contributed by atoms with van der Waals surface area (Å²) in [7, 11) is 0. The summed E-state index contributed by atoms with van der Waals surface area (Å²) in [5, 5.41) is 0. The first-order valence-electron chi connectivity index (χ1n) is 5.51. The van der Waals surface area contributed by atoms with Crippen LogP contribution in [0.25, 0.3) is 0 Å². The molecule has 1 fully saturated rings. The molecule has 0 heterocycles. The molecule has 0 aliphatic heterocycles.